The van der Waals surface area contributed by atoms with E-state index < -0.39 is 0 Å². The van der Waals surface area contributed by atoms with Crippen molar-refractivity contribution in [1.82, 2.24) is 10.7 Å². The number of hydrazone groups is 1. The van der Waals surface area contributed by atoms with Gasteiger partial charge >= 0.3 is 0 Å². The largest absolute Gasteiger partial charge is 0.490 e. The predicted molar refractivity (Wildman–Crippen MR) is 142 cm³/mol. The molecule has 0 aromatic heterocycles. The average molecular weight is 524 g/mol. The molecule has 0 saturated heterocycles. The number of nitrogens with zero attached hydrogens (tertiary/aromatic N) is 1. The van der Waals surface area contributed by atoms with Gasteiger partial charge in [0.05, 0.1) is 6.21 Å². The minimum absolute atomic E-state index is 0.398. The zero-order chi connectivity index (χ0) is 23.3. The lowest BCUT2D eigenvalue weighted by atomic mass is 10.1. The van der Waals surface area contributed by atoms with Gasteiger partial charge in [-0.2, -0.15) is 5.10 Å². The molecule has 0 spiro atoms. The van der Waals surface area contributed by atoms with E-state index in [1.165, 1.54) is 0 Å². The topological polar surface area (TPSA) is 54.9 Å². The van der Waals surface area contributed by atoms with Crippen LogP contribution in [0.25, 0.3) is 0 Å². The molecule has 3 aromatic rings. The van der Waals surface area contributed by atoms with Gasteiger partial charge in [0.15, 0.2) is 5.11 Å². The van der Waals surface area contributed by atoms with E-state index in [0.717, 1.165) is 33.3 Å². The van der Waals surface area contributed by atoms with E-state index in [1.807, 2.05) is 78.9 Å². The summed E-state index contributed by atoms with van der Waals surface area (Å²) >= 11 is 8.78. The number of thiocarbonyl (C=S) groups is 1. The highest BCUT2D eigenvalue weighted by molar-refractivity contribution is 9.10. The first-order valence-electron chi connectivity index (χ1n) is 10.5. The van der Waals surface area contributed by atoms with Crippen LogP contribution in [0.5, 0.6) is 11.5 Å². The molecule has 0 saturated carbocycles. The maximum Gasteiger partial charge on any atom is 0.187 e. The minimum Gasteiger partial charge on any atom is -0.490 e. The Kier molecular flexibility index (Phi) is 9.94. The molecular weight excluding hydrogens is 498 g/mol. The number of nitrogens with one attached hydrogen (secondary N) is 2. The van der Waals surface area contributed by atoms with Crippen molar-refractivity contribution < 1.29 is 9.47 Å². The second-order valence-electron chi connectivity index (χ2n) is 7.02. The Morgan fingerprint density at radius 3 is 2.48 bits per heavy atom. The third-order valence-corrected chi connectivity index (χ3v) is 5.30. The van der Waals surface area contributed by atoms with Crippen molar-refractivity contribution in [3.8, 4) is 11.5 Å². The molecule has 170 valence electrons. The SMILES string of the molecule is C=CCc1ccccc1OCCOc1ccc(Br)cc1/C=N\NC(=S)NCc1ccccc1. The number of ether oxygens (including phenoxy) is 2. The van der Waals surface area contributed by atoms with E-state index in [1.54, 1.807) is 6.21 Å². The lowest BCUT2D eigenvalue weighted by Crippen LogP contribution is -2.31. The van der Waals surface area contributed by atoms with Crippen molar-refractivity contribution >= 4 is 39.5 Å². The molecule has 0 amide bonds. The first kappa shape index (κ1) is 24.5. The summed E-state index contributed by atoms with van der Waals surface area (Å²) in [6, 6.07) is 23.7. The molecule has 0 unspecified atom stereocenters. The number of rotatable bonds is 11. The van der Waals surface area contributed by atoms with Gasteiger partial charge in [0.25, 0.3) is 0 Å². The van der Waals surface area contributed by atoms with Crippen LogP contribution in [-0.2, 0) is 13.0 Å². The Labute approximate surface area is 208 Å². The zero-order valence-corrected chi connectivity index (χ0v) is 20.6. The van der Waals surface area contributed by atoms with Crippen molar-refractivity contribution in [3.63, 3.8) is 0 Å². The number of benzene rings is 3. The van der Waals surface area contributed by atoms with Crippen LogP contribution in [0.3, 0.4) is 0 Å². The lowest BCUT2D eigenvalue weighted by molar-refractivity contribution is 0.216. The zero-order valence-electron chi connectivity index (χ0n) is 18.2. The Balaban J connectivity index is 1.50. The normalized spacial score (nSPS) is 10.6. The fourth-order valence-electron chi connectivity index (χ4n) is 3.00. The lowest BCUT2D eigenvalue weighted by Gasteiger charge is -2.13. The Morgan fingerprint density at radius 1 is 0.970 bits per heavy atom. The highest BCUT2D eigenvalue weighted by Crippen LogP contribution is 2.22. The van der Waals surface area contributed by atoms with Gasteiger partial charge in [-0.25, -0.2) is 0 Å². The van der Waals surface area contributed by atoms with E-state index >= 15 is 0 Å². The van der Waals surface area contributed by atoms with Crippen molar-refractivity contribution in [2.24, 2.45) is 5.10 Å². The molecule has 0 aliphatic rings. The fraction of sp³-hybridized carbons (Fsp3) is 0.154. The molecule has 0 radical (unpaired) electrons. The van der Waals surface area contributed by atoms with Gasteiger partial charge in [0.1, 0.15) is 24.7 Å². The van der Waals surface area contributed by atoms with E-state index in [-0.39, 0.29) is 0 Å². The molecule has 0 fully saturated rings. The molecule has 0 heterocycles. The van der Waals surface area contributed by atoms with Gasteiger partial charge in [-0.1, -0.05) is 70.5 Å². The van der Waals surface area contributed by atoms with Crippen molar-refractivity contribution in [1.29, 1.82) is 0 Å². The number of halogens is 1. The van der Waals surface area contributed by atoms with Crippen LogP contribution in [0.1, 0.15) is 16.7 Å². The number of hydrogen-bond donors (Lipinski definition) is 2. The summed E-state index contributed by atoms with van der Waals surface area (Å²) in [7, 11) is 0. The summed E-state index contributed by atoms with van der Waals surface area (Å²) in [6.07, 6.45) is 4.30. The average Bonchev–Trinajstić information content (AvgIpc) is 2.83. The summed E-state index contributed by atoms with van der Waals surface area (Å²) in [5.41, 5.74) is 5.90. The van der Waals surface area contributed by atoms with Gasteiger partial charge in [-0.15, -0.1) is 6.58 Å². The molecule has 0 bridgehead atoms. The summed E-state index contributed by atoms with van der Waals surface area (Å²) in [5, 5.41) is 7.81. The number of hydrogen-bond acceptors (Lipinski definition) is 4. The third kappa shape index (κ3) is 8.36. The van der Waals surface area contributed by atoms with Gasteiger partial charge in [-0.05, 0) is 54.0 Å². The Bertz CT molecular complexity index is 1090. The van der Waals surface area contributed by atoms with E-state index in [9.17, 15) is 0 Å². The smallest absolute Gasteiger partial charge is 0.187 e. The molecule has 2 N–H and O–H groups in total. The summed E-state index contributed by atoms with van der Waals surface area (Å²) in [5.74, 6) is 1.55. The van der Waals surface area contributed by atoms with Crippen LogP contribution in [0.4, 0.5) is 0 Å². The highest BCUT2D eigenvalue weighted by atomic mass is 79.9. The van der Waals surface area contributed by atoms with Crippen LogP contribution >= 0.6 is 28.1 Å². The molecule has 3 aromatic carbocycles. The molecule has 33 heavy (non-hydrogen) atoms. The van der Waals surface area contributed by atoms with Crippen LogP contribution in [0, 0.1) is 0 Å². The van der Waals surface area contributed by atoms with Gasteiger partial charge < -0.3 is 14.8 Å². The second-order valence-corrected chi connectivity index (χ2v) is 8.34. The Hall–Kier alpha value is -3.16. The van der Waals surface area contributed by atoms with Gasteiger partial charge in [0.2, 0.25) is 0 Å². The maximum atomic E-state index is 5.94. The number of allylic oxidation sites excluding steroid dienone is 1. The molecule has 0 atom stereocenters. The van der Waals surface area contributed by atoms with E-state index in [2.05, 4.69) is 38.4 Å². The number of para-hydroxylation sites is 1. The van der Waals surface area contributed by atoms with Crippen LogP contribution < -0.4 is 20.2 Å². The summed E-state index contributed by atoms with van der Waals surface area (Å²) < 4.78 is 12.8. The van der Waals surface area contributed by atoms with Gasteiger partial charge in [-0.3, -0.25) is 5.43 Å². The van der Waals surface area contributed by atoms with Gasteiger partial charge in [0, 0.05) is 16.6 Å². The quantitative estimate of drug-likeness (QED) is 0.112. The van der Waals surface area contributed by atoms with E-state index in [4.69, 9.17) is 21.7 Å². The molecule has 7 heteroatoms. The predicted octanol–water partition coefficient (Wildman–Crippen LogP) is 5.63. The highest BCUT2D eigenvalue weighted by Gasteiger charge is 2.05. The maximum absolute atomic E-state index is 5.94. The first-order chi connectivity index (χ1) is 16.2. The summed E-state index contributed by atoms with van der Waals surface area (Å²) in [6.45, 7) is 5.25. The van der Waals surface area contributed by atoms with Crippen molar-refractivity contribution in [2.45, 2.75) is 13.0 Å². The minimum atomic E-state index is 0.398. The van der Waals surface area contributed by atoms with Crippen molar-refractivity contribution in [3.05, 3.63) is 107 Å². The monoisotopic (exact) mass is 523 g/mol. The Morgan fingerprint density at radius 2 is 1.70 bits per heavy atom. The summed E-state index contributed by atoms with van der Waals surface area (Å²) in [4.78, 5) is 0. The van der Waals surface area contributed by atoms with Crippen LogP contribution in [0.2, 0.25) is 0 Å². The fourth-order valence-corrected chi connectivity index (χ4v) is 3.51. The van der Waals surface area contributed by atoms with Crippen LogP contribution in [0.15, 0.2) is 95.0 Å². The molecule has 5 nitrogen and oxygen atoms in total. The third-order valence-electron chi connectivity index (χ3n) is 4.57. The van der Waals surface area contributed by atoms with E-state index in [0.29, 0.717) is 30.6 Å². The molecular formula is C26H26BrN3O2S. The second kappa shape index (κ2) is 13.4. The molecule has 3 rings (SSSR count). The van der Waals surface area contributed by atoms with Crippen molar-refractivity contribution in [2.75, 3.05) is 13.2 Å². The molecule has 0 aliphatic carbocycles. The molecule has 0 aliphatic heterocycles. The standard InChI is InChI=1S/C26H26BrN3O2S/c1-2-8-21-11-6-7-12-24(21)31-15-16-32-25-14-13-23(27)17-22(25)19-29-30-26(33)28-18-20-9-4-3-5-10-20/h2-7,9-14,17,19H,1,8,15-16,18H2,(H2,28,30,33)/b29-19-. The first-order valence-corrected chi connectivity index (χ1v) is 11.7. The van der Waals surface area contributed by atoms with Crippen LogP contribution in [-0.4, -0.2) is 24.5 Å².